The zero-order valence-corrected chi connectivity index (χ0v) is 9.16. The van der Waals surface area contributed by atoms with Crippen molar-refractivity contribution in [1.82, 2.24) is 0 Å². The van der Waals surface area contributed by atoms with Crippen molar-refractivity contribution < 1.29 is 0 Å². The molecule has 0 unspecified atom stereocenters. The highest BCUT2D eigenvalue weighted by Gasteiger charge is 2.28. The van der Waals surface area contributed by atoms with E-state index in [0.717, 1.165) is 0 Å². The molecule has 2 aromatic carbocycles. The number of hydrogen-bond donors (Lipinski definition) is 0. The third kappa shape index (κ3) is 1.01. The fourth-order valence-corrected chi connectivity index (χ4v) is 2.89. The Balaban J connectivity index is 2.36. The van der Waals surface area contributed by atoms with Gasteiger partial charge in [0.25, 0.3) is 5.54 Å². The number of rotatable bonds is 0. The van der Waals surface area contributed by atoms with Crippen molar-refractivity contribution in [2.24, 2.45) is 0 Å². The van der Waals surface area contributed by atoms with Gasteiger partial charge in [-0.2, -0.15) is 0 Å². The monoisotopic (exact) mass is 242 g/mol. The molecule has 0 N–H and O–H groups in total. The molecule has 0 radical (unpaired) electrons. The van der Waals surface area contributed by atoms with Crippen LogP contribution in [0.2, 0.25) is 0 Å². The van der Waals surface area contributed by atoms with Gasteiger partial charge in [-0.05, 0) is 11.1 Å². The SMILES string of the molecule is BrB1c2ccccc2-c2ccccc21. The molecule has 0 nitrogen and oxygen atoms in total. The van der Waals surface area contributed by atoms with Crippen LogP contribution in [-0.2, 0) is 0 Å². The summed E-state index contributed by atoms with van der Waals surface area (Å²) in [4.78, 5) is 0. The van der Waals surface area contributed by atoms with E-state index in [2.05, 4.69) is 64.3 Å². The highest BCUT2D eigenvalue weighted by atomic mass is 79.9. The molecule has 0 saturated carbocycles. The summed E-state index contributed by atoms with van der Waals surface area (Å²) in [6.07, 6.45) is 0. The molecule has 0 fully saturated rings. The van der Waals surface area contributed by atoms with Gasteiger partial charge in [0.1, 0.15) is 0 Å². The second-order valence-electron chi connectivity index (χ2n) is 3.54. The van der Waals surface area contributed by atoms with Crippen LogP contribution in [0.25, 0.3) is 11.1 Å². The molecule has 0 amide bonds. The van der Waals surface area contributed by atoms with Crippen LogP contribution in [0.1, 0.15) is 0 Å². The van der Waals surface area contributed by atoms with Crippen molar-refractivity contribution in [2.45, 2.75) is 0 Å². The minimum absolute atomic E-state index is 0.370. The molecule has 0 saturated heterocycles. The zero-order chi connectivity index (χ0) is 9.54. The van der Waals surface area contributed by atoms with Crippen LogP contribution in [0.15, 0.2) is 48.5 Å². The maximum absolute atomic E-state index is 3.74. The molecule has 2 heteroatoms. The van der Waals surface area contributed by atoms with Crippen molar-refractivity contribution in [3.05, 3.63) is 48.5 Å². The van der Waals surface area contributed by atoms with E-state index in [1.54, 1.807) is 0 Å². The standard InChI is InChI=1S/C12H8BBr/c14-13-11-7-3-1-5-9(11)10-6-2-4-8-12(10)13/h1-8H. The van der Waals surface area contributed by atoms with E-state index in [0.29, 0.717) is 5.54 Å². The molecule has 1 aliphatic heterocycles. The van der Waals surface area contributed by atoms with E-state index in [9.17, 15) is 0 Å². The summed E-state index contributed by atoms with van der Waals surface area (Å²) < 4.78 is 0. The van der Waals surface area contributed by atoms with Crippen molar-refractivity contribution in [3.63, 3.8) is 0 Å². The molecule has 0 aromatic heterocycles. The van der Waals surface area contributed by atoms with Gasteiger partial charge in [0.05, 0.1) is 0 Å². The second-order valence-corrected chi connectivity index (χ2v) is 4.45. The average Bonchev–Trinajstić information content (AvgIpc) is 2.55. The van der Waals surface area contributed by atoms with E-state index in [-0.39, 0.29) is 0 Å². The van der Waals surface area contributed by atoms with Crippen molar-refractivity contribution in [3.8, 4) is 11.1 Å². The van der Waals surface area contributed by atoms with Gasteiger partial charge >= 0.3 is 0 Å². The Kier molecular flexibility index (Phi) is 1.78. The van der Waals surface area contributed by atoms with Crippen LogP contribution in [0.5, 0.6) is 0 Å². The minimum atomic E-state index is 0.370. The lowest BCUT2D eigenvalue weighted by Crippen LogP contribution is -2.31. The van der Waals surface area contributed by atoms with E-state index >= 15 is 0 Å². The highest BCUT2D eigenvalue weighted by Crippen LogP contribution is 2.23. The molecule has 14 heavy (non-hydrogen) atoms. The summed E-state index contributed by atoms with van der Waals surface area (Å²) in [6, 6.07) is 17.1. The normalized spacial score (nSPS) is 12.5. The Bertz CT molecular complexity index is 448. The van der Waals surface area contributed by atoms with Crippen LogP contribution in [0.4, 0.5) is 0 Å². The minimum Gasteiger partial charge on any atom is -0.143 e. The zero-order valence-electron chi connectivity index (χ0n) is 7.57. The lowest BCUT2D eigenvalue weighted by Gasteiger charge is -1.98. The predicted octanol–water partition coefficient (Wildman–Crippen LogP) is 2.17. The number of hydrogen-bond acceptors (Lipinski definition) is 0. The molecular weight excluding hydrogens is 235 g/mol. The molecule has 66 valence electrons. The van der Waals surface area contributed by atoms with Gasteiger partial charge in [0.15, 0.2) is 0 Å². The second kappa shape index (κ2) is 2.99. The molecule has 3 rings (SSSR count). The van der Waals surface area contributed by atoms with Gasteiger partial charge in [-0.3, -0.25) is 0 Å². The first-order valence-corrected chi connectivity index (χ1v) is 5.62. The Morgan fingerprint density at radius 3 is 1.64 bits per heavy atom. The molecule has 0 bridgehead atoms. The largest absolute Gasteiger partial charge is 0.288 e. The lowest BCUT2D eigenvalue weighted by molar-refractivity contribution is 1.71. The average molecular weight is 243 g/mol. The summed E-state index contributed by atoms with van der Waals surface area (Å²) in [7, 11) is 0. The van der Waals surface area contributed by atoms with Crippen LogP contribution >= 0.6 is 15.8 Å². The van der Waals surface area contributed by atoms with Gasteiger partial charge in [-0.1, -0.05) is 59.5 Å². The first-order valence-electron chi connectivity index (χ1n) is 4.70. The predicted molar refractivity (Wildman–Crippen MR) is 65.8 cm³/mol. The molecule has 1 aliphatic rings. The van der Waals surface area contributed by atoms with Crippen molar-refractivity contribution in [1.29, 1.82) is 0 Å². The summed E-state index contributed by atoms with van der Waals surface area (Å²) in [5.74, 6) is 0. The third-order valence-electron chi connectivity index (χ3n) is 2.76. The fraction of sp³-hybridized carbons (Fsp3) is 0. The van der Waals surface area contributed by atoms with E-state index in [4.69, 9.17) is 0 Å². The molecular formula is C12H8BBr. The van der Waals surface area contributed by atoms with Crippen LogP contribution < -0.4 is 10.9 Å². The van der Waals surface area contributed by atoms with Gasteiger partial charge in [0, 0.05) is 0 Å². The Hall–Kier alpha value is -1.02. The van der Waals surface area contributed by atoms with Crippen molar-refractivity contribution >= 4 is 32.2 Å². The Morgan fingerprint density at radius 1 is 0.714 bits per heavy atom. The third-order valence-corrected chi connectivity index (χ3v) is 3.74. The Labute approximate surface area is 92.0 Å². The first kappa shape index (κ1) is 8.31. The molecule has 1 heterocycles. The van der Waals surface area contributed by atoms with E-state index in [1.165, 1.54) is 22.1 Å². The van der Waals surface area contributed by atoms with Crippen LogP contribution in [0, 0.1) is 0 Å². The maximum Gasteiger partial charge on any atom is 0.288 e. The summed E-state index contributed by atoms with van der Waals surface area (Å²) in [5, 5.41) is 0. The highest BCUT2D eigenvalue weighted by molar-refractivity contribution is 9.25. The van der Waals surface area contributed by atoms with E-state index < -0.39 is 0 Å². The smallest absolute Gasteiger partial charge is 0.143 e. The maximum atomic E-state index is 3.74. The summed E-state index contributed by atoms with van der Waals surface area (Å²) in [6.45, 7) is 0. The fourth-order valence-electron chi connectivity index (χ4n) is 2.09. The summed E-state index contributed by atoms with van der Waals surface area (Å²) in [5.41, 5.74) is 5.87. The van der Waals surface area contributed by atoms with Gasteiger partial charge in [-0.25, -0.2) is 0 Å². The molecule has 0 atom stereocenters. The topological polar surface area (TPSA) is 0 Å². The van der Waals surface area contributed by atoms with Gasteiger partial charge in [-0.15, -0.1) is 15.8 Å². The molecule has 0 aliphatic carbocycles. The first-order chi connectivity index (χ1) is 6.88. The quantitative estimate of drug-likeness (QED) is 0.622. The lowest BCUT2D eigenvalue weighted by atomic mass is 9.67. The van der Waals surface area contributed by atoms with Crippen molar-refractivity contribution in [2.75, 3.05) is 0 Å². The van der Waals surface area contributed by atoms with Crippen LogP contribution in [0.3, 0.4) is 0 Å². The van der Waals surface area contributed by atoms with Gasteiger partial charge in [0.2, 0.25) is 0 Å². The van der Waals surface area contributed by atoms with Crippen LogP contribution in [-0.4, -0.2) is 5.54 Å². The molecule has 0 spiro atoms. The van der Waals surface area contributed by atoms with Gasteiger partial charge < -0.3 is 0 Å². The molecule has 2 aromatic rings. The number of benzene rings is 2. The Morgan fingerprint density at radius 2 is 1.14 bits per heavy atom. The van der Waals surface area contributed by atoms with E-state index in [1.807, 2.05) is 0 Å². The summed E-state index contributed by atoms with van der Waals surface area (Å²) >= 11 is 3.74. The number of fused-ring (bicyclic) bond motifs is 3. The number of halogens is 1.